The number of carbonyl (C=O) groups is 4. The fraction of sp³-hybridized carbons (Fsp3) is 0.947. The van der Waals surface area contributed by atoms with E-state index in [0.717, 1.165) is 126 Å². The van der Waals surface area contributed by atoms with Crippen molar-refractivity contribution in [3.8, 4) is 0 Å². The number of hydrogen-bond donors (Lipinski definition) is 3. The van der Waals surface area contributed by atoms with E-state index in [9.17, 15) is 43.2 Å². The van der Waals surface area contributed by atoms with E-state index in [1.54, 1.807) is 0 Å². The van der Waals surface area contributed by atoms with E-state index in [1.165, 1.54) is 167 Å². The molecule has 0 aromatic rings. The van der Waals surface area contributed by atoms with Crippen LogP contribution in [0.5, 0.6) is 0 Å². The predicted octanol–water partition coefficient (Wildman–Crippen LogP) is 21.7. The molecule has 0 bridgehead atoms. The molecule has 0 aromatic heterocycles. The van der Waals surface area contributed by atoms with Crippen molar-refractivity contribution in [3.05, 3.63) is 0 Å². The highest BCUT2D eigenvalue weighted by Crippen LogP contribution is 2.45. The van der Waals surface area contributed by atoms with Gasteiger partial charge in [0.15, 0.2) is 12.2 Å². The largest absolute Gasteiger partial charge is 0.472 e. The monoisotopic (exact) mass is 1380 g/mol. The highest BCUT2D eigenvalue weighted by atomic mass is 31.2. The SMILES string of the molecule is CCC(C)CCCCCCCCCCCCCCCCCCCCC(=O)O[C@H](COC(=O)CCCCCCCCC(C)CC)COP(=O)(O)OC[C@H](O)COP(=O)(O)OC[C@@H](COC(=O)CCCCCCCCC(C)CC)OC(=O)CCCCCCCCCCCC(C)C. The van der Waals surface area contributed by atoms with Crippen molar-refractivity contribution in [2.75, 3.05) is 39.6 Å². The van der Waals surface area contributed by atoms with E-state index >= 15 is 0 Å². The molecule has 0 saturated carbocycles. The summed E-state index contributed by atoms with van der Waals surface area (Å²) in [5.74, 6) is 0.942. The van der Waals surface area contributed by atoms with Crippen molar-refractivity contribution in [1.82, 2.24) is 0 Å². The summed E-state index contributed by atoms with van der Waals surface area (Å²) >= 11 is 0. The summed E-state index contributed by atoms with van der Waals surface area (Å²) in [5.41, 5.74) is 0. The smallest absolute Gasteiger partial charge is 0.462 e. The lowest BCUT2D eigenvalue weighted by Crippen LogP contribution is -2.30. The number of rotatable bonds is 72. The fourth-order valence-corrected chi connectivity index (χ4v) is 12.9. The maximum atomic E-state index is 13.1. The summed E-state index contributed by atoms with van der Waals surface area (Å²) in [6.07, 6.45) is 48.8. The van der Waals surface area contributed by atoms with E-state index < -0.39 is 97.5 Å². The van der Waals surface area contributed by atoms with Crippen molar-refractivity contribution < 1.29 is 80.2 Å². The van der Waals surface area contributed by atoms with Gasteiger partial charge in [0.25, 0.3) is 0 Å². The van der Waals surface area contributed by atoms with Crippen LogP contribution < -0.4 is 0 Å². The molecular formula is C75H146O17P2. The van der Waals surface area contributed by atoms with Crippen LogP contribution >= 0.6 is 15.6 Å². The molecule has 0 aliphatic carbocycles. The third kappa shape index (κ3) is 64.7. The molecule has 8 atom stereocenters. The fourth-order valence-electron chi connectivity index (χ4n) is 11.3. The van der Waals surface area contributed by atoms with E-state index in [0.29, 0.717) is 25.7 Å². The first-order valence-electron chi connectivity index (χ1n) is 38.8. The van der Waals surface area contributed by atoms with Gasteiger partial charge in [-0.1, -0.05) is 325 Å². The van der Waals surface area contributed by atoms with E-state index in [2.05, 4.69) is 55.4 Å². The third-order valence-corrected chi connectivity index (χ3v) is 20.3. The zero-order valence-corrected chi connectivity index (χ0v) is 63.4. The van der Waals surface area contributed by atoms with Crippen molar-refractivity contribution in [2.24, 2.45) is 23.7 Å². The number of carbonyl (C=O) groups excluding carboxylic acids is 4. The Labute approximate surface area is 575 Å². The molecule has 0 heterocycles. The van der Waals surface area contributed by atoms with Gasteiger partial charge in [-0.25, -0.2) is 9.13 Å². The summed E-state index contributed by atoms with van der Waals surface area (Å²) in [6, 6.07) is 0. The molecule has 0 fully saturated rings. The van der Waals surface area contributed by atoms with Gasteiger partial charge >= 0.3 is 39.5 Å². The second-order valence-electron chi connectivity index (χ2n) is 28.2. The van der Waals surface area contributed by atoms with Crippen LogP contribution in [0.25, 0.3) is 0 Å². The van der Waals surface area contributed by atoms with Gasteiger partial charge in [0.1, 0.15) is 19.3 Å². The first kappa shape index (κ1) is 92.1. The number of ether oxygens (including phenoxy) is 4. The summed E-state index contributed by atoms with van der Waals surface area (Å²) in [4.78, 5) is 72.7. The zero-order valence-electron chi connectivity index (χ0n) is 61.6. The topological polar surface area (TPSA) is 237 Å². The number of aliphatic hydroxyl groups is 1. The lowest BCUT2D eigenvalue weighted by Gasteiger charge is -2.21. The standard InChI is InChI=1S/C75H146O17P2/c1-9-66(6)52-44-36-28-24-20-18-16-14-12-13-15-17-19-21-25-29-41-49-57-74(79)91-70(61-85-72(77)55-47-39-33-31-37-45-53-67(7)10-2)63-89-93(81,82)87-59-69(76)60-88-94(83,84)90-64-71(62-86-73(78)56-48-40-34-32-38-46-54-68(8)11-3)92-75(80)58-50-42-30-26-22-23-27-35-43-51-65(4)5/h65-71,76H,9-64H2,1-8H3,(H,81,82)(H,83,84)/t66?,67?,68?,69-,70+,71+/m0/s1. The first-order chi connectivity index (χ1) is 45.2. The minimum absolute atomic E-state index is 0.104. The number of phosphoric ester groups is 2. The van der Waals surface area contributed by atoms with Crippen LogP contribution in [-0.2, 0) is 65.4 Å². The zero-order chi connectivity index (χ0) is 69.6. The molecular weight excluding hydrogens is 1230 g/mol. The molecule has 94 heavy (non-hydrogen) atoms. The maximum Gasteiger partial charge on any atom is 0.472 e. The third-order valence-electron chi connectivity index (χ3n) is 18.4. The van der Waals surface area contributed by atoms with E-state index in [-0.39, 0.29) is 25.7 Å². The molecule has 0 aliphatic rings. The van der Waals surface area contributed by atoms with Crippen molar-refractivity contribution in [2.45, 2.75) is 395 Å². The molecule has 17 nitrogen and oxygen atoms in total. The molecule has 0 rings (SSSR count). The summed E-state index contributed by atoms with van der Waals surface area (Å²) in [7, 11) is -9.91. The normalized spacial score (nSPS) is 15.0. The molecule has 0 radical (unpaired) electrons. The quantitative estimate of drug-likeness (QED) is 0.0222. The maximum absolute atomic E-state index is 13.1. The highest BCUT2D eigenvalue weighted by molar-refractivity contribution is 7.47. The van der Waals surface area contributed by atoms with Crippen molar-refractivity contribution >= 4 is 39.5 Å². The minimum atomic E-state index is -4.96. The lowest BCUT2D eigenvalue weighted by atomic mass is 9.99. The Bertz CT molecular complexity index is 1860. The predicted molar refractivity (Wildman–Crippen MR) is 381 cm³/mol. The van der Waals surface area contributed by atoms with Gasteiger partial charge in [0.05, 0.1) is 26.4 Å². The van der Waals surface area contributed by atoms with Crippen LogP contribution in [0.2, 0.25) is 0 Å². The van der Waals surface area contributed by atoms with Crippen LogP contribution in [0, 0.1) is 23.7 Å². The molecule has 19 heteroatoms. The van der Waals surface area contributed by atoms with E-state index in [4.69, 9.17) is 37.0 Å². The Balaban J connectivity index is 5.17. The van der Waals surface area contributed by atoms with E-state index in [1.807, 2.05) is 0 Å². The highest BCUT2D eigenvalue weighted by Gasteiger charge is 2.30. The number of hydrogen-bond acceptors (Lipinski definition) is 15. The minimum Gasteiger partial charge on any atom is -0.462 e. The molecule has 3 N–H and O–H groups in total. The van der Waals surface area contributed by atoms with Crippen LogP contribution in [0.15, 0.2) is 0 Å². The Kier molecular flexibility index (Phi) is 63.1. The number of phosphoric acid groups is 2. The molecule has 0 aromatic carbocycles. The van der Waals surface area contributed by atoms with Crippen LogP contribution in [0.1, 0.15) is 376 Å². The second-order valence-corrected chi connectivity index (χ2v) is 31.1. The molecule has 558 valence electrons. The van der Waals surface area contributed by atoms with Gasteiger partial charge < -0.3 is 33.8 Å². The van der Waals surface area contributed by atoms with Gasteiger partial charge in [-0.2, -0.15) is 0 Å². The van der Waals surface area contributed by atoms with Crippen LogP contribution in [-0.4, -0.2) is 96.7 Å². The Morgan fingerprint density at radius 3 is 0.755 bits per heavy atom. The Morgan fingerprint density at radius 2 is 0.511 bits per heavy atom. The Hall–Kier alpha value is -1.94. The van der Waals surface area contributed by atoms with Gasteiger partial charge in [0, 0.05) is 25.7 Å². The van der Waals surface area contributed by atoms with Crippen LogP contribution in [0.3, 0.4) is 0 Å². The summed E-state index contributed by atoms with van der Waals surface area (Å²) in [6.45, 7) is 14.1. The molecule has 0 spiro atoms. The molecule has 0 saturated heterocycles. The summed E-state index contributed by atoms with van der Waals surface area (Å²) in [5, 5.41) is 10.6. The molecule has 5 unspecified atom stereocenters. The van der Waals surface area contributed by atoms with Crippen molar-refractivity contribution in [1.29, 1.82) is 0 Å². The van der Waals surface area contributed by atoms with Gasteiger partial charge in [0.2, 0.25) is 0 Å². The number of unbranched alkanes of at least 4 members (excludes halogenated alkanes) is 35. The summed E-state index contributed by atoms with van der Waals surface area (Å²) < 4.78 is 68.4. The van der Waals surface area contributed by atoms with Gasteiger partial charge in [-0.15, -0.1) is 0 Å². The van der Waals surface area contributed by atoms with Gasteiger partial charge in [-0.3, -0.25) is 37.3 Å². The number of esters is 4. The van der Waals surface area contributed by atoms with Crippen LogP contribution in [0.4, 0.5) is 0 Å². The van der Waals surface area contributed by atoms with Gasteiger partial charge in [-0.05, 0) is 49.4 Å². The Morgan fingerprint density at radius 1 is 0.298 bits per heavy atom. The molecule has 0 amide bonds. The van der Waals surface area contributed by atoms with Crippen molar-refractivity contribution in [3.63, 3.8) is 0 Å². The average molecular weight is 1380 g/mol. The number of aliphatic hydroxyl groups excluding tert-OH is 1. The average Bonchev–Trinajstić information content (AvgIpc) is 1.10. The molecule has 0 aliphatic heterocycles. The first-order valence-corrected chi connectivity index (χ1v) is 41.8. The lowest BCUT2D eigenvalue weighted by molar-refractivity contribution is -0.161. The second kappa shape index (κ2) is 64.4.